The molecule has 0 fully saturated rings. The van der Waals surface area contributed by atoms with Gasteiger partial charge in [0.05, 0.1) is 6.04 Å². The van der Waals surface area contributed by atoms with Crippen molar-refractivity contribution in [2.24, 2.45) is 5.92 Å². The number of halogens is 1. The van der Waals surface area contributed by atoms with E-state index in [1.807, 2.05) is 29.1 Å². The van der Waals surface area contributed by atoms with Crippen LogP contribution in [-0.4, -0.2) is 15.5 Å². The van der Waals surface area contributed by atoms with Crippen LogP contribution in [0.3, 0.4) is 0 Å². The minimum absolute atomic E-state index is 0.0441. The Balaban J connectivity index is 1.61. The number of hydrogen-bond acceptors (Lipinski definition) is 1. The third-order valence-corrected chi connectivity index (χ3v) is 5.47. The van der Waals surface area contributed by atoms with E-state index in [9.17, 15) is 9.18 Å². The van der Waals surface area contributed by atoms with Crippen molar-refractivity contribution in [2.75, 3.05) is 0 Å². The van der Waals surface area contributed by atoms with Crippen LogP contribution in [0.1, 0.15) is 56.5 Å². The van der Waals surface area contributed by atoms with E-state index < -0.39 is 0 Å². The number of carbonyl (C=O) groups excluding carboxylic acids is 1. The van der Waals surface area contributed by atoms with Crippen molar-refractivity contribution < 1.29 is 9.18 Å². The summed E-state index contributed by atoms with van der Waals surface area (Å²) in [5, 5.41) is 4.20. The molecule has 142 valence electrons. The van der Waals surface area contributed by atoms with E-state index in [2.05, 4.69) is 24.1 Å². The first-order chi connectivity index (χ1) is 13.0. The van der Waals surface area contributed by atoms with Crippen LogP contribution in [0.2, 0.25) is 0 Å². The second-order valence-electron chi connectivity index (χ2n) is 7.94. The second-order valence-corrected chi connectivity index (χ2v) is 7.94. The van der Waals surface area contributed by atoms with E-state index in [1.165, 1.54) is 6.07 Å². The zero-order valence-corrected chi connectivity index (χ0v) is 15.8. The summed E-state index contributed by atoms with van der Waals surface area (Å²) in [4.78, 5) is 16.5. The normalized spacial score (nSPS) is 17.9. The fraction of sp³-hybridized carbons (Fsp3) is 0.409. The number of amides is 1. The molecule has 2 atom stereocenters. The first-order valence-electron chi connectivity index (χ1n) is 9.75. The number of H-pyrrole nitrogens is 1. The summed E-state index contributed by atoms with van der Waals surface area (Å²) >= 11 is 0. The Morgan fingerprint density at radius 3 is 2.85 bits per heavy atom. The lowest BCUT2D eigenvalue weighted by atomic mass is 9.91. The van der Waals surface area contributed by atoms with Gasteiger partial charge in [-0.3, -0.25) is 4.79 Å². The molecular weight excluding hydrogens is 341 g/mol. The molecule has 3 aromatic rings. The van der Waals surface area contributed by atoms with Crippen LogP contribution in [0.25, 0.3) is 10.9 Å². The van der Waals surface area contributed by atoms with Crippen molar-refractivity contribution in [1.29, 1.82) is 0 Å². The van der Waals surface area contributed by atoms with Gasteiger partial charge in [0.25, 0.3) is 0 Å². The van der Waals surface area contributed by atoms with Crippen molar-refractivity contribution in [2.45, 2.75) is 51.6 Å². The molecule has 2 heterocycles. The number of aromatic amines is 1. The molecule has 1 amide bonds. The number of nitrogens with one attached hydrogen (secondary N) is 2. The molecule has 1 aliphatic rings. The van der Waals surface area contributed by atoms with Gasteiger partial charge in [0.1, 0.15) is 11.9 Å². The molecule has 0 radical (unpaired) electrons. The quantitative estimate of drug-likeness (QED) is 0.663. The Kier molecular flexibility index (Phi) is 4.77. The van der Waals surface area contributed by atoms with E-state index in [0.29, 0.717) is 5.92 Å². The van der Waals surface area contributed by atoms with E-state index in [1.54, 1.807) is 12.1 Å². The lowest BCUT2D eigenvalue weighted by Crippen LogP contribution is -2.37. The van der Waals surface area contributed by atoms with Crippen molar-refractivity contribution in [3.8, 4) is 0 Å². The fourth-order valence-electron chi connectivity index (χ4n) is 4.21. The number of aryl methyl sites for hydroxylation is 1. The van der Waals surface area contributed by atoms with Gasteiger partial charge in [0.15, 0.2) is 0 Å². The maximum absolute atomic E-state index is 13.7. The van der Waals surface area contributed by atoms with Crippen LogP contribution in [0, 0.1) is 11.7 Å². The maximum atomic E-state index is 13.7. The second kappa shape index (κ2) is 7.22. The summed E-state index contributed by atoms with van der Waals surface area (Å²) in [6.07, 6.45) is 7.49. The van der Waals surface area contributed by atoms with Crippen LogP contribution in [0.5, 0.6) is 0 Å². The first kappa shape index (κ1) is 17.8. The van der Waals surface area contributed by atoms with E-state index >= 15 is 0 Å². The van der Waals surface area contributed by atoms with Gasteiger partial charge in [-0.1, -0.05) is 13.8 Å². The van der Waals surface area contributed by atoms with E-state index in [4.69, 9.17) is 0 Å². The van der Waals surface area contributed by atoms with Crippen LogP contribution in [0.15, 0.2) is 42.7 Å². The third-order valence-electron chi connectivity index (χ3n) is 5.47. The molecule has 0 spiro atoms. The summed E-state index contributed by atoms with van der Waals surface area (Å²) < 4.78 is 15.7. The Labute approximate surface area is 158 Å². The van der Waals surface area contributed by atoms with Crippen molar-refractivity contribution >= 4 is 16.8 Å². The molecule has 0 saturated heterocycles. The molecule has 1 aliphatic carbocycles. The highest BCUT2D eigenvalue weighted by Crippen LogP contribution is 2.35. The zero-order chi connectivity index (χ0) is 19.0. The first-order valence-corrected chi connectivity index (χ1v) is 9.75. The molecule has 4 nitrogen and oxygen atoms in total. The third kappa shape index (κ3) is 3.51. The van der Waals surface area contributed by atoms with Gasteiger partial charge in [0.2, 0.25) is 5.91 Å². The summed E-state index contributed by atoms with van der Waals surface area (Å²) in [5.74, 6) is 0.240. The smallest absolute Gasteiger partial charge is 0.243 e. The number of hydrogen-bond donors (Lipinski definition) is 2. The minimum atomic E-state index is -0.222. The maximum Gasteiger partial charge on any atom is 0.243 e. The molecule has 5 heteroatoms. The fourth-order valence-corrected chi connectivity index (χ4v) is 4.21. The van der Waals surface area contributed by atoms with Crippen molar-refractivity contribution in [1.82, 2.24) is 14.9 Å². The van der Waals surface area contributed by atoms with Gasteiger partial charge in [-0.05, 0) is 67.5 Å². The van der Waals surface area contributed by atoms with Crippen molar-refractivity contribution in [3.05, 3.63) is 59.8 Å². The molecule has 0 aliphatic heterocycles. The molecule has 1 aromatic carbocycles. The predicted molar refractivity (Wildman–Crippen MR) is 105 cm³/mol. The van der Waals surface area contributed by atoms with Crippen LogP contribution in [0.4, 0.5) is 4.39 Å². The largest absolute Gasteiger partial charge is 0.356 e. The molecule has 4 rings (SSSR count). The summed E-state index contributed by atoms with van der Waals surface area (Å²) in [7, 11) is 0. The van der Waals surface area contributed by atoms with Gasteiger partial charge in [-0.15, -0.1) is 0 Å². The van der Waals surface area contributed by atoms with Crippen LogP contribution >= 0.6 is 0 Å². The van der Waals surface area contributed by atoms with Crippen LogP contribution < -0.4 is 5.32 Å². The van der Waals surface area contributed by atoms with Gasteiger partial charge >= 0.3 is 0 Å². The Morgan fingerprint density at radius 2 is 2.11 bits per heavy atom. The van der Waals surface area contributed by atoms with Gasteiger partial charge in [-0.2, -0.15) is 0 Å². The lowest BCUT2D eigenvalue weighted by molar-refractivity contribution is -0.125. The lowest BCUT2D eigenvalue weighted by Gasteiger charge is -2.27. The van der Waals surface area contributed by atoms with Gasteiger partial charge in [-0.25, -0.2) is 4.39 Å². The number of aromatic nitrogens is 2. The number of fused-ring (bicyclic) bond motifs is 3. The van der Waals surface area contributed by atoms with Gasteiger partial charge < -0.3 is 14.9 Å². The van der Waals surface area contributed by atoms with E-state index in [0.717, 1.165) is 47.8 Å². The number of rotatable bonds is 5. The average molecular weight is 367 g/mol. The summed E-state index contributed by atoms with van der Waals surface area (Å²) in [6, 6.07) is 8.48. The van der Waals surface area contributed by atoms with Crippen molar-refractivity contribution in [3.63, 3.8) is 0 Å². The molecule has 2 aromatic heterocycles. The van der Waals surface area contributed by atoms with Crippen LogP contribution in [-0.2, 0) is 11.2 Å². The number of carbonyl (C=O) groups is 1. The monoisotopic (exact) mass is 367 g/mol. The molecule has 0 saturated carbocycles. The topological polar surface area (TPSA) is 49.8 Å². The molecular formula is C22H26FN3O. The molecule has 2 N–H and O–H groups in total. The predicted octanol–water partition coefficient (Wildman–Crippen LogP) is 4.89. The standard InChI is InChI=1S/C22H26FN3O/c1-14(2)12-20(26-10-3-4-11-26)22(27)25-19-7-5-6-16-17-13-15(23)8-9-18(17)24-21(16)19/h3-4,8-11,13-14,19-20,24H,5-7,12H2,1-2H3,(H,25,27)/t19-,20-/m0/s1. The Bertz CT molecular complexity index is 942. The highest BCUT2D eigenvalue weighted by molar-refractivity contribution is 5.86. The summed E-state index contributed by atoms with van der Waals surface area (Å²) in [5.41, 5.74) is 3.11. The SMILES string of the molecule is CC(C)C[C@@H](C(=O)N[C@H]1CCCc2c1[nH]c1ccc(F)cc21)n1cccc1. The number of benzene rings is 1. The molecule has 0 bridgehead atoms. The average Bonchev–Trinajstić information content (AvgIpc) is 3.28. The Morgan fingerprint density at radius 1 is 1.33 bits per heavy atom. The Hall–Kier alpha value is -2.56. The highest BCUT2D eigenvalue weighted by atomic mass is 19.1. The molecule has 27 heavy (non-hydrogen) atoms. The minimum Gasteiger partial charge on any atom is -0.356 e. The summed E-state index contributed by atoms with van der Waals surface area (Å²) in [6.45, 7) is 4.27. The van der Waals surface area contributed by atoms with E-state index in [-0.39, 0.29) is 23.8 Å². The number of nitrogens with zero attached hydrogens (tertiary/aromatic N) is 1. The van der Waals surface area contributed by atoms with Gasteiger partial charge in [0, 0.05) is 29.0 Å². The highest BCUT2D eigenvalue weighted by Gasteiger charge is 2.29. The zero-order valence-electron chi connectivity index (χ0n) is 15.8. The molecule has 0 unspecified atom stereocenters.